The first-order valence-corrected chi connectivity index (χ1v) is 5.43. The molecule has 3 unspecified atom stereocenters. The lowest BCUT2D eigenvalue weighted by atomic mass is 10.1. The molecule has 0 saturated carbocycles. The summed E-state index contributed by atoms with van der Waals surface area (Å²) in [5.41, 5.74) is 1.18. The van der Waals surface area contributed by atoms with Gasteiger partial charge in [0.25, 0.3) is 0 Å². The standard InChI is InChI=1S/C12H20N2O/c1-9(7-10(2)15)14-11(3)12-5-4-6-13-8-12/h4-6,8-11,14-15H,7H2,1-3H3. The van der Waals surface area contributed by atoms with E-state index in [-0.39, 0.29) is 12.1 Å². The van der Waals surface area contributed by atoms with E-state index in [9.17, 15) is 5.11 Å². The van der Waals surface area contributed by atoms with Crippen LogP contribution < -0.4 is 5.32 Å². The molecule has 1 aromatic rings. The highest BCUT2D eigenvalue weighted by Gasteiger charge is 2.10. The molecule has 1 aromatic heterocycles. The van der Waals surface area contributed by atoms with Gasteiger partial charge in [-0.3, -0.25) is 4.98 Å². The van der Waals surface area contributed by atoms with Gasteiger partial charge in [0.2, 0.25) is 0 Å². The monoisotopic (exact) mass is 208 g/mol. The SMILES string of the molecule is CC(O)CC(C)NC(C)c1cccnc1. The van der Waals surface area contributed by atoms with Crippen LogP contribution in [0, 0.1) is 0 Å². The zero-order valence-electron chi connectivity index (χ0n) is 9.64. The van der Waals surface area contributed by atoms with Crippen molar-refractivity contribution >= 4 is 0 Å². The number of aliphatic hydroxyl groups excluding tert-OH is 1. The zero-order chi connectivity index (χ0) is 11.3. The zero-order valence-corrected chi connectivity index (χ0v) is 9.64. The Kier molecular flexibility index (Phi) is 4.72. The van der Waals surface area contributed by atoms with Crippen molar-refractivity contribution in [2.45, 2.75) is 45.4 Å². The predicted molar refractivity (Wildman–Crippen MR) is 61.5 cm³/mol. The van der Waals surface area contributed by atoms with E-state index in [4.69, 9.17) is 0 Å². The Morgan fingerprint density at radius 2 is 2.13 bits per heavy atom. The smallest absolute Gasteiger partial charge is 0.0526 e. The summed E-state index contributed by atoms with van der Waals surface area (Å²) in [4.78, 5) is 4.08. The predicted octanol–water partition coefficient (Wildman–Crippen LogP) is 1.89. The Bertz CT molecular complexity index is 274. The van der Waals surface area contributed by atoms with E-state index in [1.807, 2.05) is 19.2 Å². The second-order valence-electron chi connectivity index (χ2n) is 4.16. The highest BCUT2D eigenvalue weighted by atomic mass is 16.3. The van der Waals surface area contributed by atoms with Crippen LogP contribution in [0.25, 0.3) is 0 Å². The van der Waals surface area contributed by atoms with Gasteiger partial charge in [-0.15, -0.1) is 0 Å². The number of nitrogens with zero attached hydrogens (tertiary/aromatic N) is 1. The third kappa shape index (κ3) is 4.40. The van der Waals surface area contributed by atoms with E-state index in [2.05, 4.69) is 30.2 Å². The molecular formula is C12H20N2O. The van der Waals surface area contributed by atoms with Crippen molar-refractivity contribution in [2.75, 3.05) is 0 Å². The lowest BCUT2D eigenvalue weighted by Gasteiger charge is -2.21. The first-order chi connectivity index (χ1) is 7.09. The fraction of sp³-hybridized carbons (Fsp3) is 0.583. The topological polar surface area (TPSA) is 45.1 Å². The van der Waals surface area contributed by atoms with Crippen LogP contribution in [0.3, 0.4) is 0 Å². The van der Waals surface area contributed by atoms with Crippen molar-refractivity contribution in [3.8, 4) is 0 Å². The minimum Gasteiger partial charge on any atom is -0.393 e. The summed E-state index contributed by atoms with van der Waals surface area (Å²) in [6.07, 6.45) is 4.15. The number of hydrogen-bond donors (Lipinski definition) is 2. The molecule has 0 radical (unpaired) electrons. The van der Waals surface area contributed by atoms with Crippen LogP contribution in [0.5, 0.6) is 0 Å². The summed E-state index contributed by atoms with van der Waals surface area (Å²) in [6, 6.07) is 4.57. The van der Waals surface area contributed by atoms with E-state index < -0.39 is 0 Å². The van der Waals surface area contributed by atoms with Crippen molar-refractivity contribution in [2.24, 2.45) is 0 Å². The molecule has 0 aliphatic carbocycles. The molecule has 0 saturated heterocycles. The Morgan fingerprint density at radius 3 is 2.67 bits per heavy atom. The van der Waals surface area contributed by atoms with Gasteiger partial charge in [-0.1, -0.05) is 6.07 Å². The van der Waals surface area contributed by atoms with Crippen LogP contribution >= 0.6 is 0 Å². The quantitative estimate of drug-likeness (QED) is 0.776. The maximum Gasteiger partial charge on any atom is 0.0526 e. The van der Waals surface area contributed by atoms with Gasteiger partial charge in [0.05, 0.1) is 6.10 Å². The van der Waals surface area contributed by atoms with Gasteiger partial charge in [0, 0.05) is 24.5 Å². The van der Waals surface area contributed by atoms with Crippen LogP contribution in [0.2, 0.25) is 0 Å². The third-order valence-corrected chi connectivity index (χ3v) is 2.41. The Hall–Kier alpha value is -0.930. The molecule has 0 aromatic carbocycles. The number of hydrogen-bond acceptors (Lipinski definition) is 3. The molecule has 0 amide bonds. The van der Waals surface area contributed by atoms with Gasteiger partial charge in [0.15, 0.2) is 0 Å². The first kappa shape index (κ1) is 12.1. The summed E-state index contributed by atoms with van der Waals surface area (Å²) < 4.78 is 0. The number of aliphatic hydroxyl groups is 1. The Balaban J connectivity index is 2.45. The fourth-order valence-corrected chi connectivity index (χ4v) is 1.73. The van der Waals surface area contributed by atoms with Gasteiger partial charge in [-0.2, -0.15) is 0 Å². The van der Waals surface area contributed by atoms with Crippen molar-refractivity contribution in [1.82, 2.24) is 10.3 Å². The summed E-state index contributed by atoms with van der Waals surface area (Å²) in [5.74, 6) is 0. The third-order valence-electron chi connectivity index (χ3n) is 2.41. The molecular weight excluding hydrogens is 188 g/mol. The molecule has 84 valence electrons. The number of aromatic nitrogens is 1. The highest BCUT2D eigenvalue weighted by Crippen LogP contribution is 2.12. The van der Waals surface area contributed by atoms with Crippen LogP contribution in [0.1, 0.15) is 38.8 Å². The molecule has 2 N–H and O–H groups in total. The van der Waals surface area contributed by atoms with Crippen LogP contribution in [0.15, 0.2) is 24.5 Å². The molecule has 1 rings (SSSR count). The van der Waals surface area contributed by atoms with E-state index in [1.54, 1.807) is 6.20 Å². The molecule has 1 heterocycles. The summed E-state index contributed by atoms with van der Waals surface area (Å²) in [5, 5.41) is 12.7. The van der Waals surface area contributed by atoms with Gasteiger partial charge in [0.1, 0.15) is 0 Å². The minimum absolute atomic E-state index is 0.256. The largest absolute Gasteiger partial charge is 0.393 e. The Labute approximate surface area is 91.5 Å². The van der Waals surface area contributed by atoms with Crippen LogP contribution in [-0.4, -0.2) is 22.2 Å². The van der Waals surface area contributed by atoms with Crippen molar-refractivity contribution in [3.05, 3.63) is 30.1 Å². The second kappa shape index (κ2) is 5.83. The number of pyridine rings is 1. The maximum atomic E-state index is 9.25. The lowest BCUT2D eigenvalue weighted by molar-refractivity contribution is 0.168. The highest BCUT2D eigenvalue weighted by molar-refractivity contribution is 5.12. The van der Waals surface area contributed by atoms with Crippen LogP contribution in [-0.2, 0) is 0 Å². The van der Waals surface area contributed by atoms with Gasteiger partial charge in [-0.05, 0) is 38.8 Å². The van der Waals surface area contributed by atoms with Crippen molar-refractivity contribution in [1.29, 1.82) is 0 Å². The first-order valence-electron chi connectivity index (χ1n) is 5.43. The molecule has 0 aliphatic heterocycles. The van der Waals surface area contributed by atoms with E-state index in [0.717, 1.165) is 6.42 Å². The summed E-state index contributed by atoms with van der Waals surface area (Å²) >= 11 is 0. The molecule has 0 bridgehead atoms. The fourth-order valence-electron chi connectivity index (χ4n) is 1.73. The van der Waals surface area contributed by atoms with Crippen LogP contribution in [0.4, 0.5) is 0 Å². The second-order valence-corrected chi connectivity index (χ2v) is 4.16. The van der Waals surface area contributed by atoms with Crippen molar-refractivity contribution in [3.63, 3.8) is 0 Å². The van der Waals surface area contributed by atoms with Gasteiger partial charge in [-0.25, -0.2) is 0 Å². The number of rotatable bonds is 5. The number of nitrogens with one attached hydrogen (secondary N) is 1. The van der Waals surface area contributed by atoms with Gasteiger partial charge >= 0.3 is 0 Å². The lowest BCUT2D eigenvalue weighted by Crippen LogP contribution is -2.31. The van der Waals surface area contributed by atoms with Gasteiger partial charge < -0.3 is 10.4 Å². The summed E-state index contributed by atoms with van der Waals surface area (Å²) in [6.45, 7) is 6.00. The molecule has 0 fully saturated rings. The minimum atomic E-state index is -0.256. The van der Waals surface area contributed by atoms with E-state index >= 15 is 0 Å². The molecule has 3 atom stereocenters. The Morgan fingerprint density at radius 1 is 1.40 bits per heavy atom. The molecule has 0 spiro atoms. The summed E-state index contributed by atoms with van der Waals surface area (Å²) in [7, 11) is 0. The molecule has 3 heteroatoms. The average Bonchev–Trinajstić information content (AvgIpc) is 2.17. The normalized spacial score (nSPS) is 17.1. The van der Waals surface area contributed by atoms with E-state index in [1.165, 1.54) is 5.56 Å². The molecule has 0 aliphatic rings. The van der Waals surface area contributed by atoms with Crippen molar-refractivity contribution < 1.29 is 5.11 Å². The maximum absolute atomic E-state index is 9.25. The average molecular weight is 208 g/mol. The molecule has 3 nitrogen and oxygen atoms in total. The van der Waals surface area contributed by atoms with E-state index in [0.29, 0.717) is 6.04 Å². The molecule has 15 heavy (non-hydrogen) atoms.